The van der Waals surface area contributed by atoms with Crippen LogP contribution in [0.15, 0.2) is 0 Å². The van der Waals surface area contributed by atoms with Gasteiger partial charge in [-0.2, -0.15) is 0 Å². The molecule has 0 saturated carbocycles. The molecule has 0 aromatic carbocycles. The molecule has 1 saturated heterocycles. The third-order valence-electron chi connectivity index (χ3n) is 4.63. The highest BCUT2D eigenvalue weighted by molar-refractivity contribution is 4.83. The van der Waals surface area contributed by atoms with Crippen LogP contribution < -0.4 is 5.73 Å². The number of nitrogens with two attached hydrogens (primary N) is 1. The average molecular weight is 254 g/mol. The fourth-order valence-corrected chi connectivity index (χ4v) is 2.78. The lowest BCUT2D eigenvalue weighted by Gasteiger charge is -2.27. The van der Waals surface area contributed by atoms with Crippen molar-refractivity contribution in [3.05, 3.63) is 0 Å². The summed E-state index contributed by atoms with van der Waals surface area (Å²) in [5.41, 5.74) is 6.58. The Morgan fingerprint density at radius 2 is 1.78 bits per heavy atom. The maximum absolute atomic E-state index is 5.77. The summed E-state index contributed by atoms with van der Waals surface area (Å²) in [5.74, 6) is 0.887. The Hall–Kier alpha value is -0.0800. The van der Waals surface area contributed by atoms with E-state index in [2.05, 4.69) is 39.5 Å². The molecule has 2 N–H and O–H groups in total. The third-order valence-corrected chi connectivity index (χ3v) is 4.63. The van der Waals surface area contributed by atoms with E-state index in [0.717, 1.165) is 12.5 Å². The molecule has 0 amide bonds. The molecule has 2 nitrogen and oxygen atoms in total. The van der Waals surface area contributed by atoms with Gasteiger partial charge in [0, 0.05) is 6.54 Å². The molecule has 0 aromatic heterocycles. The molecule has 0 aromatic rings. The minimum atomic E-state index is 0.332. The first kappa shape index (κ1) is 16.0. The second kappa shape index (κ2) is 6.38. The van der Waals surface area contributed by atoms with Crippen molar-refractivity contribution in [2.45, 2.75) is 60.3 Å². The van der Waals surface area contributed by atoms with E-state index in [1.165, 1.54) is 45.3 Å². The predicted octanol–water partition coefficient (Wildman–Crippen LogP) is 3.51. The summed E-state index contributed by atoms with van der Waals surface area (Å²) in [6.45, 7) is 16.4. The molecule has 0 bridgehead atoms. The highest BCUT2D eigenvalue weighted by Gasteiger charge is 2.31. The largest absolute Gasteiger partial charge is 0.330 e. The second-order valence-corrected chi connectivity index (χ2v) is 7.98. The van der Waals surface area contributed by atoms with Crippen molar-refractivity contribution in [1.29, 1.82) is 0 Å². The minimum Gasteiger partial charge on any atom is -0.330 e. The Kier molecular flexibility index (Phi) is 5.67. The fraction of sp³-hybridized carbons (Fsp3) is 1.00. The number of hydrogen-bond acceptors (Lipinski definition) is 2. The van der Waals surface area contributed by atoms with Crippen LogP contribution in [-0.2, 0) is 0 Å². The van der Waals surface area contributed by atoms with Gasteiger partial charge in [-0.1, -0.05) is 41.0 Å². The summed E-state index contributed by atoms with van der Waals surface area (Å²) in [6, 6.07) is 0. The van der Waals surface area contributed by atoms with Gasteiger partial charge in [-0.3, -0.25) is 0 Å². The first-order valence-corrected chi connectivity index (χ1v) is 7.67. The van der Waals surface area contributed by atoms with Gasteiger partial charge in [0.1, 0.15) is 0 Å². The van der Waals surface area contributed by atoms with Crippen molar-refractivity contribution in [3.63, 3.8) is 0 Å². The molecular weight excluding hydrogens is 220 g/mol. The van der Waals surface area contributed by atoms with E-state index < -0.39 is 0 Å². The summed E-state index contributed by atoms with van der Waals surface area (Å²) in [6.07, 6.45) is 5.30. The van der Waals surface area contributed by atoms with Gasteiger partial charge in [0.2, 0.25) is 0 Å². The molecule has 0 spiro atoms. The maximum Gasteiger partial charge on any atom is 0.00151 e. The summed E-state index contributed by atoms with van der Waals surface area (Å²) in [7, 11) is 0. The first-order chi connectivity index (χ1) is 8.24. The van der Waals surface area contributed by atoms with Crippen molar-refractivity contribution in [2.24, 2.45) is 22.5 Å². The monoisotopic (exact) mass is 254 g/mol. The number of unbranched alkanes of at least 4 members (excludes halogenated alkanes) is 1. The van der Waals surface area contributed by atoms with Gasteiger partial charge in [0.25, 0.3) is 0 Å². The van der Waals surface area contributed by atoms with E-state index in [1.807, 2.05) is 0 Å². The number of hydrogen-bond donors (Lipinski definition) is 1. The molecule has 1 atom stereocenters. The standard InChI is InChI=1S/C16H34N2/c1-15(2,3)14-8-11-18(12-14)10-7-6-9-16(4,5)13-17/h14H,6-13,17H2,1-5H3. The van der Waals surface area contributed by atoms with Gasteiger partial charge in [-0.15, -0.1) is 0 Å². The van der Waals surface area contributed by atoms with Gasteiger partial charge < -0.3 is 10.6 Å². The van der Waals surface area contributed by atoms with Crippen LogP contribution in [0.3, 0.4) is 0 Å². The number of nitrogens with zero attached hydrogens (tertiary/aromatic N) is 1. The molecule has 1 rings (SSSR count). The molecule has 1 heterocycles. The second-order valence-electron chi connectivity index (χ2n) is 7.98. The molecule has 0 radical (unpaired) electrons. The van der Waals surface area contributed by atoms with Crippen LogP contribution in [0, 0.1) is 16.7 Å². The van der Waals surface area contributed by atoms with Gasteiger partial charge in [-0.25, -0.2) is 0 Å². The summed E-state index contributed by atoms with van der Waals surface area (Å²) in [4.78, 5) is 2.66. The highest BCUT2D eigenvalue weighted by atomic mass is 15.1. The highest BCUT2D eigenvalue weighted by Crippen LogP contribution is 2.33. The quantitative estimate of drug-likeness (QED) is 0.735. The molecule has 1 fully saturated rings. The lowest BCUT2D eigenvalue weighted by Crippen LogP contribution is -2.27. The Morgan fingerprint density at radius 1 is 1.11 bits per heavy atom. The molecule has 0 aliphatic carbocycles. The molecule has 1 aliphatic heterocycles. The number of likely N-dealkylation sites (tertiary alicyclic amines) is 1. The van der Waals surface area contributed by atoms with Gasteiger partial charge in [0.05, 0.1) is 0 Å². The van der Waals surface area contributed by atoms with Crippen LogP contribution in [0.25, 0.3) is 0 Å². The zero-order valence-electron chi connectivity index (χ0n) is 13.3. The van der Waals surface area contributed by atoms with Gasteiger partial charge in [0.15, 0.2) is 0 Å². The van der Waals surface area contributed by atoms with E-state index in [9.17, 15) is 0 Å². The Morgan fingerprint density at radius 3 is 2.28 bits per heavy atom. The van der Waals surface area contributed by atoms with E-state index in [4.69, 9.17) is 5.73 Å². The van der Waals surface area contributed by atoms with E-state index in [0.29, 0.717) is 10.8 Å². The van der Waals surface area contributed by atoms with E-state index in [1.54, 1.807) is 0 Å². The smallest absolute Gasteiger partial charge is 0.00151 e. The Bertz CT molecular complexity index is 240. The van der Waals surface area contributed by atoms with Gasteiger partial charge >= 0.3 is 0 Å². The van der Waals surface area contributed by atoms with Crippen LogP contribution in [-0.4, -0.2) is 31.1 Å². The Balaban J connectivity index is 2.15. The normalized spacial score (nSPS) is 22.7. The van der Waals surface area contributed by atoms with E-state index >= 15 is 0 Å². The third kappa shape index (κ3) is 5.27. The minimum absolute atomic E-state index is 0.332. The van der Waals surface area contributed by atoms with Crippen molar-refractivity contribution in [3.8, 4) is 0 Å². The van der Waals surface area contributed by atoms with Crippen LogP contribution >= 0.6 is 0 Å². The summed E-state index contributed by atoms with van der Waals surface area (Å²) >= 11 is 0. The maximum atomic E-state index is 5.77. The lowest BCUT2D eigenvalue weighted by atomic mass is 9.80. The van der Waals surface area contributed by atoms with Crippen molar-refractivity contribution >= 4 is 0 Å². The molecule has 1 unspecified atom stereocenters. The summed E-state index contributed by atoms with van der Waals surface area (Å²) in [5, 5.41) is 0. The fourth-order valence-electron chi connectivity index (χ4n) is 2.78. The van der Waals surface area contributed by atoms with E-state index in [-0.39, 0.29) is 0 Å². The molecule has 2 heteroatoms. The first-order valence-electron chi connectivity index (χ1n) is 7.67. The van der Waals surface area contributed by atoms with Crippen molar-refractivity contribution < 1.29 is 0 Å². The summed E-state index contributed by atoms with van der Waals surface area (Å²) < 4.78 is 0. The van der Waals surface area contributed by atoms with Crippen LogP contribution in [0.5, 0.6) is 0 Å². The molecule has 108 valence electrons. The van der Waals surface area contributed by atoms with Crippen molar-refractivity contribution in [1.82, 2.24) is 4.90 Å². The molecular formula is C16H34N2. The lowest BCUT2D eigenvalue weighted by molar-refractivity contribution is 0.225. The van der Waals surface area contributed by atoms with Crippen LogP contribution in [0.1, 0.15) is 60.3 Å². The van der Waals surface area contributed by atoms with Crippen LogP contribution in [0.4, 0.5) is 0 Å². The van der Waals surface area contributed by atoms with Crippen LogP contribution in [0.2, 0.25) is 0 Å². The topological polar surface area (TPSA) is 29.3 Å². The molecule has 1 aliphatic rings. The van der Waals surface area contributed by atoms with Gasteiger partial charge in [-0.05, 0) is 55.6 Å². The zero-order chi connectivity index (χ0) is 13.8. The predicted molar refractivity (Wildman–Crippen MR) is 80.7 cm³/mol. The average Bonchev–Trinajstić information content (AvgIpc) is 2.73. The van der Waals surface area contributed by atoms with Crippen molar-refractivity contribution in [2.75, 3.05) is 26.2 Å². The number of rotatable bonds is 6. The Labute approximate surface area is 114 Å². The molecule has 18 heavy (non-hydrogen) atoms. The SMILES string of the molecule is CC(C)(CN)CCCCN1CCC(C(C)(C)C)C1. The zero-order valence-corrected chi connectivity index (χ0v) is 13.3.